The van der Waals surface area contributed by atoms with Crippen LogP contribution >= 0.6 is 0 Å². The largest absolute Gasteiger partial charge is 0.496 e. The highest BCUT2D eigenvalue weighted by atomic mass is 16.5. The van der Waals surface area contributed by atoms with Crippen molar-refractivity contribution in [2.45, 2.75) is 65.2 Å². The number of nitrogens with zero attached hydrogens (tertiary/aromatic N) is 1. The molecule has 1 unspecified atom stereocenters. The molecular weight excluding hydrogens is 260 g/mol. The Hall–Kier alpha value is -1.06. The van der Waals surface area contributed by atoms with E-state index in [4.69, 9.17) is 4.74 Å². The van der Waals surface area contributed by atoms with Gasteiger partial charge in [-0.15, -0.1) is 0 Å². The predicted molar refractivity (Wildman–Crippen MR) is 88.7 cm³/mol. The SMILES string of the molecule is COc1ccc(CNC(C)C)cc1CN1CCCCC1C. The normalized spacial score (nSPS) is 20.0. The summed E-state index contributed by atoms with van der Waals surface area (Å²) in [7, 11) is 1.77. The van der Waals surface area contributed by atoms with Gasteiger partial charge in [0.2, 0.25) is 0 Å². The van der Waals surface area contributed by atoms with E-state index in [0.717, 1.165) is 18.8 Å². The molecule has 1 atom stereocenters. The first kappa shape index (κ1) is 16.3. The molecule has 1 aromatic rings. The van der Waals surface area contributed by atoms with E-state index < -0.39 is 0 Å². The fourth-order valence-electron chi connectivity index (χ4n) is 3.00. The molecule has 0 radical (unpaired) electrons. The van der Waals surface area contributed by atoms with Gasteiger partial charge in [0.1, 0.15) is 5.75 Å². The maximum Gasteiger partial charge on any atom is 0.123 e. The van der Waals surface area contributed by atoms with Gasteiger partial charge in [-0.05, 0) is 44.0 Å². The van der Waals surface area contributed by atoms with Gasteiger partial charge in [-0.1, -0.05) is 26.3 Å². The smallest absolute Gasteiger partial charge is 0.123 e. The molecule has 1 heterocycles. The predicted octanol–water partition coefficient (Wildman–Crippen LogP) is 3.57. The fourth-order valence-corrected chi connectivity index (χ4v) is 3.00. The number of hydrogen-bond donors (Lipinski definition) is 1. The van der Waals surface area contributed by atoms with Gasteiger partial charge in [0.15, 0.2) is 0 Å². The number of likely N-dealkylation sites (tertiary alicyclic amines) is 1. The van der Waals surface area contributed by atoms with Gasteiger partial charge >= 0.3 is 0 Å². The molecule has 21 heavy (non-hydrogen) atoms. The minimum Gasteiger partial charge on any atom is -0.496 e. The summed E-state index contributed by atoms with van der Waals surface area (Å²) in [5.74, 6) is 1.01. The number of rotatable bonds is 6. The van der Waals surface area contributed by atoms with E-state index in [1.165, 1.54) is 36.9 Å². The highest BCUT2D eigenvalue weighted by Crippen LogP contribution is 2.25. The van der Waals surface area contributed by atoms with Crippen LogP contribution in [-0.2, 0) is 13.1 Å². The topological polar surface area (TPSA) is 24.5 Å². The molecule has 118 valence electrons. The monoisotopic (exact) mass is 290 g/mol. The van der Waals surface area contributed by atoms with Gasteiger partial charge in [0.25, 0.3) is 0 Å². The maximum absolute atomic E-state index is 5.56. The van der Waals surface area contributed by atoms with Gasteiger partial charge < -0.3 is 10.1 Å². The highest BCUT2D eigenvalue weighted by Gasteiger charge is 2.19. The van der Waals surface area contributed by atoms with Crippen molar-refractivity contribution in [2.24, 2.45) is 0 Å². The van der Waals surface area contributed by atoms with Crippen LogP contribution < -0.4 is 10.1 Å². The average molecular weight is 290 g/mol. The number of hydrogen-bond acceptors (Lipinski definition) is 3. The lowest BCUT2D eigenvalue weighted by molar-refractivity contribution is 0.151. The third-order valence-electron chi connectivity index (χ3n) is 4.37. The molecule has 1 aliphatic heterocycles. The zero-order valence-corrected chi connectivity index (χ0v) is 14.0. The summed E-state index contributed by atoms with van der Waals surface area (Å²) in [5, 5.41) is 3.48. The molecule has 3 heteroatoms. The molecule has 0 amide bonds. The Labute approximate surface area is 129 Å². The van der Waals surface area contributed by atoms with Gasteiger partial charge in [-0.25, -0.2) is 0 Å². The van der Waals surface area contributed by atoms with Crippen LogP contribution in [0.5, 0.6) is 5.75 Å². The third-order valence-corrected chi connectivity index (χ3v) is 4.37. The Balaban J connectivity index is 2.09. The number of piperidine rings is 1. The van der Waals surface area contributed by atoms with Gasteiger partial charge in [-0.2, -0.15) is 0 Å². The summed E-state index contributed by atoms with van der Waals surface area (Å²) in [6, 6.07) is 7.77. The maximum atomic E-state index is 5.56. The van der Waals surface area contributed by atoms with Crippen LogP contribution in [0.2, 0.25) is 0 Å². The first-order valence-electron chi connectivity index (χ1n) is 8.23. The van der Waals surface area contributed by atoms with E-state index >= 15 is 0 Å². The second-order valence-corrected chi connectivity index (χ2v) is 6.50. The lowest BCUT2D eigenvalue weighted by Gasteiger charge is -2.33. The quantitative estimate of drug-likeness (QED) is 0.867. The second-order valence-electron chi connectivity index (χ2n) is 6.50. The van der Waals surface area contributed by atoms with Gasteiger partial charge in [-0.3, -0.25) is 4.90 Å². The minimum atomic E-state index is 0.512. The van der Waals surface area contributed by atoms with Crippen molar-refractivity contribution in [3.05, 3.63) is 29.3 Å². The molecule has 0 aliphatic carbocycles. The molecule has 0 saturated carbocycles. The van der Waals surface area contributed by atoms with Crippen LogP contribution in [0.3, 0.4) is 0 Å². The Morgan fingerprint density at radius 2 is 2.14 bits per heavy atom. The molecule has 0 spiro atoms. The molecule has 1 saturated heterocycles. The van der Waals surface area contributed by atoms with Crippen molar-refractivity contribution in [3.8, 4) is 5.75 Å². The number of methoxy groups -OCH3 is 1. The lowest BCUT2D eigenvalue weighted by Crippen LogP contribution is -2.36. The molecule has 1 N–H and O–H groups in total. The van der Waals surface area contributed by atoms with Crippen molar-refractivity contribution in [1.82, 2.24) is 10.2 Å². The number of ether oxygens (including phenoxy) is 1. The van der Waals surface area contributed by atoms with E-state index in [-0.39, 0.29) is 0 Å². The molecule has 1 aliphatic rings. The van der Waals surface area contributed by atoms with Crippen molar-refractivity contribution in [3.63, 3.8) is 0 Å². The molecule has 0 aromatic heterocycles. The zero-order valence-electron chi connectivity index (χ0n) is 14.0. The molecule has 1 fully saturated rings. The van der Waals surface area contributed by atoms with Crippen LogP contribution in [-0.4, -0.2) is 30.6 Å². The zero-order chi connectivity index (χ0) is 15.2. The summed E-state index contributed by atoms with van der Waals surface area (Å²) >= 11 is 0. The van der Waals surface area contributed by atoms with E-state index in [1.54, 1.807) is 7.11 Å². The Bertz CT molecular complexity index is 445. The van der Waals surface area contributed by atoms with Gasteiger partial charge in [0.05, 0.1) is 7.11 Å². The van der Waals surface area contributed by atoms with E-state index in [0.29, 0.717) is 12.1 Å². The molecule has 1 aromatic carbocycles. The van der Waals surface area contributed by atoms with Crippen LogP contribution in [0.4, 0.5) is 0 Å². The van der Waals surface area contributed by atoms with Crippen LogP contribution in [0.1, 0.15) is 51.2 Å². The number of nitrogens with one attached hydrogen (secondary N) is 1. The van der Waals surface area contributed by atoms with Gasteiger partial charge in [0, 0.05) is 30.7 Å². The van der Waals surface area contributed by atoms with Crippen molar-refractivity contribution >= 4 is 0 Å². The summed E-state index contributed by atoms with van der Waals surface area (Å²) in [5.41, 5.74) is 2.65. The van der Waals surface area contributed by atoms with Crippen LogP contribution in [0, 0.1) is 0 Å². The Morgan fingerprint density at radius 3 is 2.81 bits per heavy atom. The van der Waals surface area contributed by atoms with Crippen LogP contribution in [0.15, 0.2) is 18.2 Å². The summed E-state index contributed by atoms with van der Waals surface area (Å²) < 4.78 is 5.56. The summed E-state index contributed by atoms with van der Waals surface area (Å²) in [6.07, 6.45) is 4.01. The summed E-state index contributed by atoms with van der Waals surface area (Å²) in [6.45, 7) is 9.83. The molecule has 3 nitrogen and oxygen atoms in total. The third kappa shape index (κ3) is 4.72. The first-order chi connectivity index (χ1) is 10.1. The Kier molecular flexibility index (Phi) is 6.07. The molecule has 2 rings (SSSR count). The van der Waals surface area contributed by atoms with E-state index in [2.05, 4.69) is 49.2 Å². The Morgan fingerprint density at radius 1 is 1.33 bits per heavy atom. The minimum absolute atomic E-state index is 0.512. The second kappa shape index (κ2) is 7.81. The van der Waals surface area contributed by atoms with Crippen LogP contribution in [0.25, 0.3) is 0 Å². The van der Waals surface area contributed by atoms with E-state index in [1.807, 2.05) is 0 Å². The fraction of sp³-hybridized carbons (Fsp3) is 0.667. The van der Waals surface area contributed by atoms with Crippen molar-refractivity contribution in [2.75, 3.05) is 13.7 Å². The van der Waals surface area contributed by atoms with E-state index in [9.17, 15) is 0 Å². The standard InChI is InChI=1S/C18H30N2O/c1-14(2)19-12-16-8-9-18(21-4)17(11-16)13-20-10-6-5-7-15(20)3/h8-9,11,14-15,19H,5-7,10,12-13H2,1-4H3. The lowest BCUT2D eigenvalue weighted by atomic mass is 10.0. The molecular formula is C18H30N2O. The first-order valence-corrected chi connectivity index (χ1v) is 8.23. The average Bonchev–Trinajstić information content (AvgIpc) is 2.47. The van der Waals surface area contributed by atoms with Crippen molar-refractivity contribution < 1.29 is 4.74 Å². The summed E-state index contributed by atoms with van der Waals surface area (Å²) in [4.78, 5) is 2.58. The number of benzene rings is 1. The molecule has 0 bridgehead atoms. The van der Waals surface area contributed by atoms with Crippen molar-refractivity contribution in [1.29, 1.82) is 0 Å². The highest BCUT2D eigenvalue weighted by molar-refractivity contribution is 5.37.